The molecule has 0 radical (unpaired) electrons. The lowest BCUT2D eigenvalue weighted by Gasteiger charge is -2.11. The van der Waals surface area contributed by atoms with E-state index >= 15 is 0 Å². The highest BCUT2D eigenvalue weighted by Crippen LogP contribution is 2.20. The number of carbonyl (C=O) groups is 1. The van der Waals surface area contributed by atoms with Crippen molar-refractivity contribution in [2.24, 2.45) is 0 Å². The van der Waals surface area contributed by atoms with Crippen molar-refractivity contribution < 1.29 is 9.53 Å². The van der Waals surface area contributed by atoms with Gasteiger partial charge in [0.2, 0.25) is 0 Å². The van der Waals surface area contributed by atoms with Crippen LogP contribution in [0.25, 0.3) is 0 Å². The average Bonchev–Trinajstić information content (AvgIpc) is 2.41. The molecular weight excluding hydrogens is 242 g/mol. The van der Waals surface area contributed by atoms with E-state index in [1.54, 1.807) is 48.2 Å². The molecule has 4 heteroatoms. The second kappa shape index (κ2) is 5.52. The largest absolute Gasteiger partial charge is 0.496 e. The van der Waals surface area contributed by atoms with Gasteiger partial charge in [-0.1, -0.05) is 6.07 Å². The van der Waals surface area contributed by atoms with Crippen molar-refractivity contribution in [2.45, 2.75) is 13.5 Å². The maximum atomic E-state index is 11.7. The van der Waals surface area contributed by atoms with Gasteiger partial charge in [-0.2, -0.15) is 0 Å². The molecule has 0 aliphatic heterocycles. The molecule has 0 amide bonds. The molecule has 2 aromatic rings. The number of benzene rings is 1. The van der Waals surface area contributed by atoms with E-state index in [2.05, 4.69) is 0 Å². The highest BCUT2D eigenvalue weighted by Gasteiger charge is 2.08. The van der Waals surface area contributed by atoms with Gasteiger partial charge in [-0.25, -0.2) is 0 Å². The van der Waals surface area contributed by atoms with E-state index in [1.807, 2.05) is 0 Å². The summed E-state index contributed by atoms with van der Waals surface area (Å²) in [4.78, 5) is 23.1. The molecule has 0 saturated heterocycles. The van der Waals surface area contributed by atoms with Crippen LogP contribution in [0.5, 0.6) is 5.75 Å². The van der Waals surface area contributed by atoms with E-state index < -0.39 is 0 Å². The molecule has 98 valence electrons. The SMILES string of the molecule is COc1ccc(C(C)=O)cc1Cn1ccccc1=O. The molecule has 0 fully saturated rings. The topological polar surface area (TPSA) is 48.3 Å². The van der Waals surface area contributed by atoms with E-state index in [1.165, 1.54) is 13.0 Å². The normalized spacial score (nSPS) is 10.2. The molecule has 1 aromatic heterocycles. The van der Waals surface area contributed by atoms with Crippen LogP contribution < -0.4 is 10.3 Å². The van der Waals surface area contributed by atoms with Crippen molar-refractivity contribution in [3.05, 3.63) is 64.1 Å². The lowest BCUT2D eigenvalue weighted by molar-refractivity contribution is 0.101. The van der Waals surface area contributed by atoms with Crippen LogP contribution in [-0.2, 0) is 6.54 Å². The first-order chi connectivity index (χ1) is 9.11. The third-order valence-corrected chi connectivity index (χ3v) is 2.93. The summed E-state index contributed by atoms with van der Waals surface area (Å²) in [5, 5.41) is 0. The molecule has 4 nitrogen and oxygen atoms in total. The Morgan fingerprint density at radius 1 is 1.26 bits per heavy atom. The van der Waals surface area contributed by atoms with Crippen molar-refractivity contribution in [2.75, 3.05) is 7.11 Å². The fourth-order valence-electron chi connectivity index (χ4n) is 1.90. The van der Waals surface area contributed by atoms with Crippen molar-refractivity contribution >= 4 is 5.78 Å². The van der Waals surface area contributed by atoms with E-state index in [-0.39, 0.29) is 11.3 Å². The van der Waals surface area contributed by atoms with Crippen LogP contribution in [0.3, 0.4) is 0 Å². The first-order valence-electron chi connectivity index (χ1n) is 5.95. The summed E-state index contributed by atoms with van der Waals surface area (Å²) in [5.74, 6) is 0.657. The zero-order valence-corrected chi connectivity index (χ0v) is 10.9. The van der Waals surface area contributed by atoms with Crippen molar-refractivity contribution in [3.8, 4) is 5.75 Å². The lowest BCUT2D eigenvalue weighted by Crippen LogP contribution is -2.18. The molecule has 0 unspecified atom stereocenters. The number of Topliss-reactive ketones (excluding diaryl/α,β-unsaturated/α-hetero) is 1. The van der Waals surface area contributed by atoms with Crippen LogP contribution in [0, 0.1) is 0 Å². The van der Waals surface area contributed by atoms with Gasteiger partial charge in [-0.15, -0.1) is 0 Å². The van der Waals surface area contributed by atoms with Crippen LogP contribution >= 0.6 is 0 Å². The predicted octanol–water partition coefficient (Wildman–Crippen LogP) is 2.11. The minimum absolute atomic E-state index is 0.00990. The average molecular weight is 257 g/mol. The number of rotatable bonds is 4. The van der Waals surface area contributed by atoms with Gasteiger partial charge < -0.3 is 9.30 Å². The summed E-state index contributed by atoms with van der Waals surface area (Å²) >= 11 is 0. The van der Waals surface area contributed by atoms with E-state index in [4.69, 9.17) is 4.74 Å². The number of ketones is 1. The summed E-state index contributed by atoms with van der Waals surface area (Å²) < 4.78 is 6.84. The molecule has 1 aromatic carbocycles. The summed E-state index contributed by atoms with van der Waals surface area (Å²) in [5.41, 5.74) is 1.33. The Balaban J connectivity index is 2.43. The number of ether oxygens (including phenoxy) is 1. The van der Waals surface area contributed by atoms with Crippen molar-refractivity contribution in [1.29, 1.82) is 0 Å². The molecule has 0 aliphatic carbocycles. The minimum Gasteiger partial charge on any atom is -0.496 e. The number of hydrogen-bond acceptors (Lipinski definition) is 3. The Hall–Kier alpha value is -2.36. The number of nitrogens with zero attached hydrogens (tertiary/aromatic N) is 1. The van der Waals surface area contributed by atoms with Gasteiger partial charge in [0.25, 0.3) is 5.56 Å². The van der Waals surface area contributed by atoms with Crippen molar-refractivity contribution in [3.63, 3.8) is 0 Å². The lowest BCUT2D eigenvalue weighted by atomic mass is 10.1. The maximum absolute atomic E-state index is 11.7. The van der Waals surface area contributed by atoms with E-state index in [9.17, 15) is 9.59 Å². The second-order valence-electron chi connectivity index (χ2n) is 4.25. The van der Waals surface area contributed by atoms with Crippen LogP contribution in [-0.4, -0.2) is 17.5 Å². The third kappa shape index (κ3) is 2.91. The van der Waals surface area contributed by atoms with Gasteiger partial charge in [0, 0.05) is 23.4 Å². The molecule has 0 N–H and O–H groups in total. The number of carbonyl (C=O) groups excluding carboxylic acids is 1. The number of methoxy groups -OCH3 is 1. The Morgan fingerprint density at radius 3 is 2.68 bits per heavy atom. The van der Waals surface area contributed by atoms with Gasteiger partial charge >= 0.3 is 0 Å². The van der Waals surface area contributed by atoms with Crippen LogP contribution in [0.4, 0.5) is 0 Å². The fourth-order valence-corrected chi connectivity index (χ4v) is 1.90. The minimum atomic E-state index is -0.0854. The maximum Gasteiger partial charge on any atom is 0.250 e. The highest BCUT2D eigenvalue weighted by atomic mass is 16.5. The standard InChI is InChI=1S/C15H15NO3/c1-11(17)12-6-7-14(19-2)13(9-12)10-16-8-4-3-5-15(16)18/h3-9H,10H2,1-2H3. The number of hydrogen-bond donors (Lipinski definition) is 0. The van der Waals surface area contributed by atoms with Gasteiger partial charge in [-0.3, -0.25) is 9.59 Å². The Labute approximate surface area is 111 Å². The Bertz CT molecular complexity index is 658. The molecule has 2 rings (SSSR count). The smallest absolute Gasteiger partial charge is 0.250 e. The van der Waals surface area contributed by atoms with Gasteiger partial charge in [-0.05, 0) is 31.2 Å². The van der Waals surface area contributed by atoms with Crippen LogP contribution in [0.2, 0.25) is 0 Å². The third-order valence-electron chi connectivity index (χ3n) is 2.93. The molecule has 19 heavy (non-hydrogen) atoms. The van der Waals surface area contributed by atoms with Gasteiger partial charge in [0.05, 0.1) is 13.7 Å². The molecule has 0 bridgehead atoms. The summed E-state index contributed by atoms with van der Waals surface area (Å²) in [6.07, 6.45) is 1.71. The molecule has 0 atom stereocenters. The number of pyridine rings is 1. The van der Waals surface area contributed by atoms with Crippen LogP contribution in [0.15, 0.2) is 47.4 Å². The molecule has 0 spiro atoms. The molecule has 0 saturated carbocycles. The van der Waals surface area contributed by atoms with E-state index in [0.717, 1.165) is 5.56 Å². The number of aromatic nitrogens is 1. The highest BCUT2D eigenvalue weighted by molar-refractivity contribution is 5.94. The van der Waals surface area contributed by atoms with Gasteiger partial charge in [0.15, 0.2) is 5.78 Å². The molecule has 1 heterocycles. The summed E-state index contributed by atoms with van der Waals surface area (Å²) in [7, 11) is 1.57. The predicted molar refractivity (Wildman–Crippen MR) is 72.8 cm³/mol. The molecule has 0 aliphatic rings. The Morgan fingerprint density at radius 2 is 2.05 bits per heavy atom. The second-order valence-corrected chi connectivity index (χ2v) is 4.25. The zero-order chi connectivity index (χ0) is 13.8. The summed E-state index contributed by atoms with van der Waals surface area (Å²) in [6, 6.07) is 10.2. The quantitative estimate of drug-likeness (QED) is 0.788. The fraction of sp³-hybridized carbons (Fsp3) is 0.200. The molecular formula is C15H15NO3. The van der Waals surface area contributed by atoms with Crippen LogP contribution in [0.1, 0.15) is 22.8 Å². The first-order valence-corrected chi connectivity index (χ1v) is 5.95. The van der Waals surface area contributed by atoms with Crippen molar-refractivity contribution in [1.82, 2.24) is 4.57 Å². The summed E-state index contributed by atoms with van der Waals surface area (Å²) in [6.45, 7) is 1.89. The van der Waals surface area contributed by atoms with Gasteiger partial charge in [0.1, 0.15) is 5.75 Å². The zero-order valence-electron chi connectivity index (χ0n) is 10.9. The van der Waals surface area contributed by atoms with E-state index in [0.29, 0.717) is 17.9 Å². The first kappa shape index (κ1) is 13.1. The monoisotopic (exact) mass is 257 g/mol. The Kier molecular flexibility index (Phi) is 3.80.